The summed E-state index contributed by atoms with van der Waals surface area (Å²) in [5, 5.41) is 19.5. The normalized spacial score (nSPS) is 10.2. The Bertz CT molecular complexity index is 882. The molecule has 0 saturated heterocycles. The molecule has 0 bridgehead atoms. The summed E-state index contributed by atoms with van der Waals surface area (Å²) >= 11 is 0. The van der Waals surface area contributed by atoms with E-state index in [1.807, 2.05) is 0 Å². The van der Waals surface area contributed by atoms with Crippen molar-refractivity contribution in [2.24, 2.45) is 0 Å². The number of nitriles is 1. The summed E-state index contributed by atoms with van der Waals surface area (Å²) in [5.74, 6) is 0. The molecule has 6 heteroatoms. The Labute approximate surface area is 119 Å². The number of nitrogens with zero attached hydrogens (tertiary/aromatic N) is 4. The van der Waals surface area contributed by atoms with Crippen LogP contribution in [0.2, 0.25) is 0 Å². The van der Waals surface area contributed by atoms with Crippen molar-refractivity contribution in [1.29, 1.82) is 5.26 Å². The molecule has 0 aliphatic carbocycles. The molecule has 100 valence electrons. The molecule has 0 spiro atoms. The molecule has 0 aliphatic heterocycles. The van der Waals surface area contributed by atoms with Crippen molar-refractivity contribution < 1.29 is 4.92 Å². The van der Waals surface area contributed by atoms with E-state index in [0.29, 0.717) is 22.3 Å². The molecule has 0 atom stereocenters. The lowest BCUT2D eigenvalue weighted by molar-refractivity contribution is -0.384. The SMILES string of the molecule is N#Cc1ccc(-c2cnc3cc([N+](=O)[O-])ccc3n2)cc1. The minimum absolute atomic E-state index is 0.0112. The number of nitro benzene ring substituents is 1. The number of rotatable bonds is 2. The highest BCUT2D eigenvalue weighted by Gasteiger charge is 2.09. The molecule has 0 N–H and O–H groups in total. The third kappa shape index (κ3) is 2.40. The van der Waals surface area contributed by atoms with Gasteiger partial charge in [0, 0.05) is 17.7 Å². The molecule has 0 aliphatic rings. The minimum atomic E-state index is -0.463. The van der Waals surface area contributed by atoms with Crippen molar-refractivity contribution in [3.8, 4) is 17.3 Å². The lowest BCUT2D eigenvalue weighted by Gasteiger charge is -2.02. The molecule has 0 saturated carbocycles. The van der Waals surface area contributed by atoms with E-state index < -0.39 is 4.92 Å². The smallest absolute Gasteiger partial charge is 0.258 e. The fourth-order valence-electron chi connectivity index (χ4n) is 1.97. The number of benzene rings is 2. The molecule has 0 radical (unpaired) electrons. The summed E-state index contributed by atoms with van der Waals surface area (Å²) in [6, 6.07) is 13.4. The van der Waals surface area contributed by atoms with Gasteiger partial charge in [-0.15, -0.1) is 0 Å². The number of fused-ring (bicyclic) bond motifs is 1. The number of hydrogen-bond donors (Lipinski definition) is 0. The Hall–Kier alpha value is -3.33. The van der Waals surface area contributed by atoms with Crippen LogP contribution >= 0.6 is 0 Å². The molecule has 0 unspecified atom stereocenters. The van der Waals surface area contributed by atoms with Gasteiger partial charge in [0.15, 0.2) is 0 Å². The molecule has 2 aromatic carbocycles. The van der Waals surface area contributed by atoms with Gasteiger partial charge < -0.3 is 0 Å². The highest BCUT2D eigenvalue weighted by molar-refractivity contribution is 5.79. The van der Waals surface area contributed by atoms with Gasteiger partial charge in [-0.1, -0.05) is 12.1 Å². The van der Waals surface area contributed by atoms with Crippen molar-refractivity contribution >= 4 is 16.7 Å². The Morgan fingerprint density at radius 3 is 2.52 bits per heavy atom. The van der Waals surface area contributed by atoms with E-state index in [1.54, 1.807) is 36.5 Å². The van der Waals surface area contributed by atoms with Gasteiger partial charge >= 0.3 is 0 Å². The lowest BCUT2D eigenvalue weighted by atomic mass is 10.1. The van der Waals surface area contributed by atoms with Crippen LogP contribution < -0.4 is 0 Å². The predicted octanol–water partition coefficient (Wildman–Crippen LogP) is 3.08. The van der Waals surface area contributed by atoms with Crippen molar-refractivity contribution in [3.63, 3.8) is 0 Å². The molecule has 1 aromatic heterocycles. The van der Waals surface area contributed by atoms with Crippen LogP contribution in [0.15, 0.2) is 48.7 Å². The molecular weight excluding hydrogens is 268 g/mol. The summed E-state index contributed by atoms with van der Waals surface area (Å²) in [5.41, 5.74) is 3.11. The van der Waals surface area contributed by atoms with E-state index in [4.69, 9.17) is 5.26 Å². The van der Waals surface area contributed by atoms with E-state index in [1.165, 1.54) is 12.1 Å². The Kier molecular flexibility index (Phi) is 3.01. The second-order valence-electron chi connectivity index (χ2n) is 4.37. The molecule has 1 heterocycles. The summed E-state index contributed by atoms with van der Waals surface area (Å²) in [7, 11) is 0. The summed E-state index contributed by atoms with van der Waals surface area (Å²) in [6.45, 7) is 0. The zero-order chi connectivity index (χ0) is 14.8. The fourth-order valence-corrected chi connectivity index (χ4v) is 1.97. The molecule has 0 fully saturated rings. The van der Waals surface area contributed by atoms with Gasteiger partial charge in [-0.05, 0) is 18.2 Å². The topological polar surface area (TPSA) is 92.7 Å². The standard InChI is InChI=1S/C15H8N4O2/c16-8-10-1-3-11(4-2-10)15-9-17-14-7-12(19(20)21)5-6-13(14)18-15/h1-7,9H. The average Bonchev–Trinajstić information content (AvgIpc) is 2.54. The second-order valence-corrected chi connectivity index (χ2v) is 4.37. The van der Waals surface area contributed by atoms with E-state index in [-0.39, 0.29) is 5.69 Å². The van der Waals surface area contributed by atoms with Gasteiger partial charge in [0.2, 0.25) is 0 Å². The van der Waals surface area contributed by atoms with Crippen molar-refractivity contribution in [3.05, 3.63) is 64.3 Å². The van der Waals surface area contributed by atoms with Crippen LogP contribution in [0.5, 0.6) is 0 Å². The van der Waals surface area contributed by atoms with Gasteiger partial charge in [-0.2, -0.15) is 5.26 Å². The van der Waals surface area contributed by atoms with Gasteiger partial charge in [0.05, 0.1) is 39.5 Å². The molecule has 0 amide bonds. The van der Waals surface area contributed by atoms with Gasteiger partial charge in [0.25, 0.3) is 5.69 Å². The summed E-state index contributed by atoms with van der Waals surface area (Å²) < 4.78 is 0. The maximum absolute atomic E-state index is 10.7. The minimum Gasteiger partial charge on any atom is -0.258 e. The first-order valence-electron chi connectivity index (χ1n) is 6.09. The number of nitro groups is 1. The van der Waals surface area contributed by atoms with E-state index in [9.17, 15) is 10.1 Å². The summed E-state index contributed by atoms with van der Waals surface area (Å²) in [6.07, 6.45) is 1.56. The molecule has 21 heavy (non-hydrogen) atoms. The monoisotopic (exact) mass is 276 g/mol. The van der Waals surface area contributed by atoms with Crippen molar-refractivity contribution in [2.45, 2.75) is 0 Å². The van der Waals surface area contributed by atoms with Crippen molar-refractivity contribution in [1.82, 2.24) is 9.97 Å². The van der Waals surface area contributed by atoms with E-state index >= 15 is 0 Å². The Morgan fingerprint density at radius 1 is 1.10 bits per heavy atom. The first-order chi connectivity index (χ1) is 10.2. The highest BCUT2D eigenvalue weighted by atomic mass is 16.6. The number of non-ortho nitro benzene ring substituents is 1. The quantitative estimate of drug-likeness (QED) is 0.529. The molecular formula is C15H8N4O2. The zero-order valence-electron chi connectivity index (χ0n) is 10.7. The number of hydrogen-bond acceptors (Lipinski definition) is 5. The third-order valence-electron chi connectivity index (χ3n) is 3.05. The number of aromatic nitrogens is 2. The maximum Gasteiger partial charge on any atom is 0.271 e. The maximum atomic E-state index is 10.7. The van der Waals surface area contributed by atoms with Crippen LogP contribution in [0.1, 0.15) is 5.56 Å². The Morgan fingerprint density at radius 2 is 1.86 bits per heavy atom. The van der Waals surface area contributed by atoms with E-state index in [0.717, 1.165) is 5.56 Å². The van der Waals surface area contributed by atoms with Crippen LogP contribution in [0.25, 0.3) is 22.3 Å². The van der Waals surface area contributed by atoms with Crippen LogP contribution in [-0.2, 0) is 0 Å². The average molecular weight is 276 g/mol. The van der Waals surface area contributed by atoms with Gasteiger partial charge in [-0.25, -0.2) is 4.98 Å². The molecule has 3 aromatic rings. The van der Waals surface area contributed by atoms with Gasteiger partial charge in [-0.3, -0.25) is 15.1 Å². The third-order valence-corrected chi connectivity index (χ3v) is 3.05. The van der Waals surface area contributed by atoms with E-state index in [2.05, 4.69) is 16.0 Å². The molecule has 3 rings (SSSR count). The van der Waals surface area contributed by atoms with Crippen LogP contribution in [0.3, 0.4) is 0 Å². The fraction of sp³-hybridized carbons (Fsp3) is 0. The summed E-state index contributed by atoms with van der Waals surface area (Å²) in [4.78, 5) is 18.9. The van der Waals surface area contributed by atoms with Gasteiger partial charge in [0.1, 0.15) is 0 Å². The zero-order valence-corrected chi connectivity index (χ0v) is 10.7. The first-order valence-corrected chi connectivity index (χ1v) is 6.09. The predicted molar refractivity (Wildman–Crippen MR) is 76.3 cm³/mol. The van der Waals surface area contributed by atoms with Crippen molar-refractivity contribution in [2.75, 3.05) is 0 Å². The second kappa shape index (κ2) is 4.98. The lowest BCUT2D eigenvalue weighted by Crippen LogP contribution is -1.92. The first kappa shape index (κ1) is 12.7. The van der Waals surface area contributed by atoms with Crippen LogP contribution in [-0.4, -0.2) is 14.9 Å². The largest absolute Gasteiger partial charge is 0.271 e. The molecule has 6 nitrogen and oxygen atoms in total. The Balaban J connectivity index is 2.06. The highest BCUT2D eigenvalue weighted by Crippen LogP contribution is 2.22. The van der Waals surface area contributed by atoms with Crippen LogP contribution in [0, 0.1) is 21.4 Å². The van der Waals surface area contributed by atoms with Crippen LogP contribution in [0.4, 0.5) is 5.69 Å².